The van der Waals surface area contributed by atoms with Gasteiger partial charge in [0.2, 0.25) is 0 Å². The SMILES string of the molecule is Clc1ccc(Cl)c(Oc2c(Cl)cccc2CBr)c1. The molecule has 0 saturated heterocycles. The molecule has 18 heavy (non-hydrogen) atoms. The molecule has 0 aliphatic heterocycles. The largest absolute Gasteiger partial charge is 0.454 e. The van der Waals surface area contributed by atoms with E-state index in [0.717, 1.165) is 5.56 Å². The van der Waals surface area contributed by atoms with Crippen LogP contribution in [0.5, 0.6) is 11.5 Å². The third-order valence-electron chi connectivity index (χ3n) is 2.30. The summed E-state index contributed by atoms with van der Waals surface area (Å²) in [6.45, 7) is 0. The van der Waals surface area contributed by atoms with Crippen molar-refractivity contribution < 1.29 is 4.74 Å². The van der Waals surface area contributed by atoms with Crippen LogP contribution in [0.2, 0.25) is 15.1 Å². The predicted octanol–water partition coefficient (Wildman–Crippen LogP) is 6.33. The van der Waals surface area contributed by atoms with Gasteiger partial charge in [0.15, 0.2) is 0 Å². The second kappa shape index (κ2) is 6.16. The van der Waals surface area contributed by atoms with Crippen molar-refractivity contribution in [3.8, 4) is 11.5 Å². The molecule has 5 heteroatoms. The zero-order valence-electron chi connectivity index (χ0n) is 9.09. The molecule has 0 aliphatic rings. The van der Waals surface area contributed by atoms with E-state index in [2.05, 4.69) is 15.9 Å². The minimum atomic E-state index is 0.486. The maximum absolute atomic E-state index is 6.13. The Hall–Kier alpha value is -0.410. The fraction of sp³-hybridized carbons (Fsp3) is 0.0769. The fourth-order valence-electron chi connectivity index (χ4n) is 1.44. The smallest absolute Gasteiger partial charge is 0.150 e. The van der Waals surface area contributed by atoms with Gasteiger partial charge in [0, 0.05) is 22.0 Å². The molecule has 0 fully saturated rings. The summed E-state index contributed by atoms with van der Waals surface area (Å²) >= 11 is 21.5. The van der Waals surface area contributed by atoms with Gasteiger partial charge >= 0.3 is 0 Å². The van der Waals surface area contributed by atoms with E-state index in [1.54, 1.807) is 24.3 Å². The van der Waals surface area contributed by atoms with Crippen LogP contribution >= 0.6 is 50.7 Å². The van der Waals surface area contributed by atoms with Crippen LogP contribution in [0.4, 0.5) is 0 Å². The maximum Gasteiger partial charge on any atom is 0.150 e. The van der Waals surface area contributed by atoms with Gasteiger partial charge in [0.25, 0.3) is 0 Å². The quantitative estimate of drug-likeness (QED) is 0.576. The van der Waals surface area contributed by atoms with E-state index in [9.17, 15) is 0 Å². The summed E-state index contributed by atoms with van der Waals surface area (Å²) in [4.78, 5) is 0. The molecule has 0 N–H and O–H groups in total. The average Bonchev–Trinajstić information content (AvgIpc) is 2.36. The Labute approximate surface area is 129 Å². The van der Waals surface area contributed by atoms with Crippen molar-refractivity contribution in [3.63, 3.8) is 0 Å². The zero-order valence-corrected chi connectivity index (χ0v) is 12.9. The standard InChI is InChI=1S/C13H8BrCl3O/c14-7-8-2-1-3-11(17)13(8)18-12-6-9(15)4-5-10(12)16/h1-6H,7H2. The third kappa shape index (κ3) is 3.12. The molecular formula is C13H8BrCl3O. The lowest BCUT2D eigenvalue weighted by molar-refractivity contribution is 0.479. The van der Waals surface area contributed by atoms with E-state index < -0.39 is 0 Å². The summed E-state index contributed by atoms with van der Waals surface area (Å²) in [5.74, 6) is 1.07. The zero-order chi connectivity index (χ0) is 13.1. The Kier molecular flexibility index (Phi) is 4.79. The van der Waals surface area contributed by atoms with E-state index in [-0.39, 0.29) is 0 Å². The van der Waals surface area contributed by atoms with Crippen LogP contribution in [-0.4, -0.2) is 0 Å². The molecule has 0 amide bonds. The molecule has 0 heterocycles. The number of benzene rings is 2. The van der Waals surface area contributed by atoms with E-state index in [4.69, 9.17) is 39.5 Å². The summed E-state index contributed by atoms with van der Waals surface area (Å²) in [6, 6.07) is 10.6. The highest BCUT2D eigenvalue weighted by Gasteiger charge is 2.11. The molecule has 94 valence electrons. The molecule has 0 aliphatic carbocycles. The molecule has 2 rings (SSSR count). The Balaban J connectivity index is 2.42. The van der Waals surface area contributed by atoms with Gasteiger partial charge in [-0.1, -0.05) is 62.9 Å². The normalized spacial score (nSPS) is 10.4. The highest BCUT2D eigenvalue weighted by Crippen LogP contribution is 2.37. The summed E-state index contributed by atoms with van der Waals surface area (Å²) in [7, 11) is 0. The maximum atomic E-state index is 6.13. The van der Waals surface area contributed by atoms with Gasteiger partial charge in [-0.25, -0.2) is 0 Å². The Morgan fingerprint density at radius 2 is 1.78 bits per heavy atom. The van der Waals surface area contributed by atoms with Crippen LogP contribution < -0.4 is 4.74 Å². The van der Waals surface area contributed by atoms with Gasteiger partial charge in [-0.3, -0.25) is 0 Å². The molecule has 0 aromatic heterocycles. The predicted molar refractivity (Wildman–Crippen MR) is 80.6 cm³/mol. The van der Waals surface area contributed by atoms with Crippen molar-refractivity contribution in [3.05, 3.63) is 57.0 Å². The van der Waals surface area contributed by atoms with E-state index in [1.807, 2.05) is 12.1 Å². The Bertz CT molecular complexity index is 572. The van der Waals surface area contributed by atoms with Gasteiger partial charge < -0.3 is 4.74 Å². The van der Waals surface area contributed by atoms with Crippen molar-refractivity contribution >= 4 is 50.7 Å². The minimum Gasteiger partial charge on any atom is -0.454 e. The second-order valence-electron chi connectivity index (χ2n) is 3.54. The van der Waals surface area contributed by atoms with E-state index in [0.29, 0.717) is 31.9 Å². The second-order valence-corrected chi connectivity index (χ2v) is 5.35. The first-order valence-electron chi connectivity index (χ1n) is 5.08. The molecular weight excluding hydrogens is 358 g/mol. The van der Waals surface area contributed by atoms with E-state index in [1.165, 1.54) is 0 Å². The topological polar surface area (TPSA) is 9.23 Å². The van der Waals surface area contributed by atoms with Gasteiger partial charge in [0.1, 0.15) is 11.5 Å². The highest BCUT2D eigenvalue weighted by atomic mass is 79.9. The minimum absolute atomic E-state index is 0.486. The first kappa shape index (κ1) is 14.0. The summed E-state index contributed by atoms with van der Waals surface area (Å²) in [6.07, 6.45) is 0. The number of para-hydroxylation sites is 1. The molecule has 0 unspecified atom stereocenters. The molecule has 0 spiro atoms. The molecule has 1 nitrogen and oxygen atoms in total. The number of hydrogen-bond acceptors (Lipinski definition) is 1. The number of hydrogen-bond donors (Lipinski definition) is 0. The van der Waals surface area contributed by atoms with Gasteiger partial charge in [-0.2, -0.15) is 0 Å². The van der Waals surface area contributed by atoms with Crippen LogP contribution in [-0.2, 0) is 5.33 Å². The van der Waals surface area contributed by atoms with Crippen LogP contribution in [0.15, 0.2) is 36.4 Å². The number of ether oxygens (including phenoxy) is 1. The molecule has 0 saturated carbocycles. The van der Waals surface area contributed by atoms with Gasteiger partial charge in [0.05, 0.1) is 10.0 Å². The summed E-state index contributed by atoms with van der Waals surface area (Å²) in [5, 5.41) is 2.21. The van der Waals surface area contributed by atoms with Crippen molar-refractivity contribution in [2.75, 3.05) is 0 Å². The average molecular weight is 366 g/mol. The van der Waals surface area contributed by atoms with Crippen molar-refractivity contribution in [2.24, 2.45) is 0 Å². The summed E-state index contributed by atoms with van der Waals surface area (Å²) in [5.41, 5.74) is 0.943. The highest BCUT2D eigenvalue weighted by molar-refractivity contribution is 9.08. The molecule has 0 atom stereocenters. The monoisotopic (exact) mass is 364 g/mol. The molecule has 0 radical (unpaired) electrons. The van der Waals surface area contributed by atoms with Crippen molar-refractivity contribution in [2.45, 2.75) is 5.33 Å². The lowest BCUT2D eigenvalue weighted by Crippen LogP contribution is -1.91. The molecule has 2 aromatic rings. The first-order valence-corrected chi connectivity index (χ1v) is 7.33. The lowest BCUT2D eigenvalue weighted by Gasteiger charge is -2.12. The van der Waals surface area contributed by atoms with Crippen LogP contribution in [0.3, 0.4) is 0 Å². The van der Waals surface area contributed by atoms with Crippen LogP contribution in [0.1, 0.15) is 5.56 Å². The molecule has 2 aromatic carbocycles. The Morgan fingerprint density at radius 1 is 1.00 bits per heavy atom. The van der Waals surface area contributed by atoms with Crippen LogP contribution in [0, 0.1) is 0 Å². The number of alkyl halides is 1. The number of halogens is 4. The molecule has 0 bridgehead atoms. The van der Waals surface area contributed by atoms with Gasteiger partial charge in [-0.05, 0) is 18.2 Å². The van der Waals surface area contributed by atoms with Crippen molar-refractivity contribution in [1.82, 2.24) is 0 Å². The number of rotatable bonds is 3. The third-order valence-corrected chi connectivity index (χ3v) is 3.75. The first-order chi connectivity index (χ1) is 8.61. The summed E-state index contributed by atoms with van der Waals surface area (Å²) < 4.78 is 5.76. The lowest BCUT2D eigenvalue weighted by atomic mass is 10.2. The van der Waals surface area contributed by atoms with E-state index >= 15 is 0 Å². The van der Waals surface area contributed by atoms with Gasteiger partial charge in [-0.15, -0.1) is 0 Å². The van der Waals surface area contributed by atoms with Crippen LogP contribution in [0.25, 0.3) is 0 Å². The van der Waals surface area contributed by atoms with Crippen molar-refractivity contribution in [1.29, 1.82) is 0 Å². The fourth-order valence-corrected chi connectivity index (χ4v) is 2.43. The Morgan fingerprint density at radius 3 is 2.50 bits per heavy atom.